The van der Waals surface area contributed by atoms with E-state index in [0.717, 1.165) is 14.8 Å². The molecule has 0 saturated carbocycles. The summed E-state index contributed by atoms with van der Waals surface area (Å²) in [6.45, 7) is 1.99. The Morgan fingerprint density at radius 2 is 1.82 bits per heavy atom. The fourth-order valence-corrected chi connectivity index (χ4v) is 2.50. The van der Waals surface area contributed by atoms with Crippen LogP contribution in [0.15, 0.2) is 48.5 Å². The molecule has 2 aromatic carbocycles. The zero-order chi connectivity index (χ0) is 15.9. The molecule has 0 bridgehead atoms. The fraction of sp³-hybridized carbons (Fsp3) is 0.125. The zero-order valence-electron chi connectivity index (χ0n) is 12.0. The minimum atomic E-state index is -0.544. The molecule has 0 radical (unpaired) electrons. The smallest absolute Gasteiger partial charge is 0.325 e. The Labute approximate surface area is 142 Å². The predicted octanol–water partition coefficient (Wildman–Crippen LogP) is 3.36. The zero-order valence-corrected chi connectivity index (χ0v) is 14.2. The minimum Gasteiger partial charge on any atom is -0.376 e. The number of para-hydroxylation sites is 1. The van der Waals surface area contributed by atoms with E-state index in [-0.39, 0.29) is 6.54 Å². The number of hydrogen-bond acceptors (Lipinski definition) is 3. The first-order valence-corrected chi connectivity index (χ1v) is 7.78. The summed E-state index contributed by atoms with van der Waals surface area (Å²) in [5.74, 6) is -0.397. The van der Waals surface area contributed by atoms with E-state index in [4.69, 9.17) is 0 Å². The topological polar surface area (TPSA) is 70.2 Å². The molecular weight excluding hydrogens is 393 g/mol. The van der Waals surface area contributed by atoms with Crippen molar-refractivity contribution in [3.05, 3.63) is 57.7 Å². The summed E-state index contributed by atoms with van der Waals surface area (Å²) >= 11 is 2.23. The monoisotopic (exact) mass is 409 g/mol. The maximum atomic E-state index is 11.8. The van der Waals surface area contributed by atoms with E-state index in [9.17, 15) is 9.59 Å². The van der Waals surface area contributed by atoms with Crippen molar-refractivity contribution in [3.8, 4) is 0 Å². The third-order valence-corrected chi connectivity index (χ3v) is 3.58. The molecule has 6 heteroatoms. The number of carbonyl (C=O) groups is 2. The van der Waals surface area contributed by atoms with Crippen molar-refractivity contribution in [3.63, 3.8) is 0 Å². The van der Waals surface area contributed by atoms with Crippen molar-refractivity contribution in [1.82, 2.24) is 5.32 Å². The third kappa shape index (κ3) is 5.03. The standard InChI is InChI=1S/C16H16IN3O2/c1-11-9-12(17)7-8-14(11)18-10-15(21)20-16(22)19-13-5-3-2-4-6-13/h2-9,18H,10H2,1H3,(H2,19,20,21,22). The van der Waals surface area contributed by atoms with Crippen LogP contribution in [0.3, 0.4) is 0 Å². The summed E-state index contributed by atoms with van der Waals surface area (Å²) in [4.78, 5) is 23.4. The third-order valence-electron chi connectivity index (χ3n) is 2.91. The Kier molecular flexibility index (Phi) is 5.76. The molecule has 0 fully saturated rings. The van der Waals surface area contributed by atoms with E-state index in [0.29, 0.717) is 5.69 Å². The first kappa shape index (κ1) is 16.3. The number of halogens is 1. The molecule has 0 heterocycles. The molecule has 0 atom stereocenters. The van der Waals surface area contributed by atoms with Gasteiger partial charge in [-0.3, -0.25) is 10.1 Å². The van der Waals surface area contributed by atoms with Gasteiger partial charge in [0.25, 0.3) is 0 Å². The number of benzene rings is 2. The van der Waals surface area contributed by atoms with Gasteiger partial charge < -0.3 is 10.6 Å². The molecule has 2 rings (SSSR count). The second-order valence-electron chi connectivity index (χ2n) is 4.68. The van der Waals surface area contributed by atoms with Gasteiger partial charge in [0.05, 0.1) is 6.54 Å². The first-order valence-electron chi connectivity index (χ1n) is 6.70. The van der Waals surface area contributed by atoms with Gasteiger partial charge in [0.2, 0.25) is 5.91 Å². The number of aryl methyl sites for hydroxylation is 1. The van der Waals surface area contributed by atoms with Gasteiger partial charge in [-0.05, 0) is 65.4 Å². The second kappa shape index (κ2) is 7.79. The number of amides is 3. The van der Waals surface area contributed by atoms with E-state index in [1.165, 1.54) is 0 Å². The molecular formula is C16H16IN3O2. The van der Waals surface area contributed by atoms with Crippen molar-refractivity contribution in [1.29, 1.82) is 0 Å². The molecule has 0 aliphatic heterocycles. The first-order chi connectivity index (χ1) is 10.5. The minimum absolute atomic E-state index is 0.0314. The number of imide groups is 1. The highest BCUT2D eigenvalue weighted by atomic mass is 127. The van der Waals surface area contributed by atoms with Crippen LogP contribution >= 0.6 is 22.6 Å². The van der Waals surface area contributed by atoms with Gasteiger partial charge >= 0.3 is 6.03 Å². The molecule has 2 aromatic rings. The lowest BCUT2D eigenvalue weighted by molar-refractivity contribution is -0.118. The van der Waals surface area contributed by atoms with Gasteiger partial charge in [0.1, 0.15) is 0 Å². The Morgan fingerprint density at radius 3 is 2.50 bits per heavy atom. The largest absolute Gasteiger partial charge is 0.376 e. The Hall–Kier alpha value is -2.09. The molecule has 3 amide bonds. The number of anilines is 2. The van der Waals surface area contributed by atoms with Crippen LogP contribution in [0, 0.1) is 10.5 Å². The SMILES string of the molecule is Cc1cc(I)ccc1NCC(=O)NC(=O)Nc1ccccc1. The van der Waals surface area contributed by atoms with Crippen molar-refractivity contribution in [2.75, 3.05) is 17.2 Å². The van der Waals surface area contributed by atoms with Crippen LogP contribution in [0.1, 0.15) is 5.56 Å². The van der Waals surface area contributed by atoms with E-state index < -0.39 is 11.9 Å². The molecule has 0 saturated heterocycles. The molecule has 3 N–H and O–H groups in total. The summed E-state index contributed by atoms with van der Waals surface area (Å²) in [6.07, 6.45) is 0. The van der Waals surface area contributed by atoms with Gasteiger partial charge in [-0.2, -0.15) is 0 Å². The number of nitrogens with one attached hydrogen (secondary N) is 3. The number of urea groups is 1. The number of carbonyl (C=O) groups excluding carboxylic acids is 2. The molecule has 5 nitrogen and oxygen atoms in total. The molecule has 0 aliphatic carbocycles. The van der Waals surface area contributed by atoms with Crippen LogP contribution in [0.4, 0.5) is 16.2 Å². The lowest BCUT2D eigenvalue weighted by Crippen LogP contribution is -2.38. The summed E-state index contributed by atoms with van der Waals surface area (Å²) in [5.41, 5.74) is 2.56. The molecule has 0 spiro atoms. The summed E-state index contributed by atoms with van der Waals surface area (Å²) in [7, 11) is 0. The number of rotatable bonds is 4. The van der Waals surface area contributed by atoms with E-state index in [2.05, 4.69) is 38.5 Å². The highest BCUT2D eigenvalue weighted by molar-refractivity contribution is 14.1. The van der Waals surface area contributed by atoms with Crippen LogP contribution in [0.25, 0.3) is 0 Å². The lowest BCUT2D eigenvalue weighted by Gasteiger charge is -2.10. The van der Waals surface area contributed by atoms with Crippen molar-refractivity contribution in [2.45, 2.75) is 6.92 Å². The van der Waals surface area contributed by atoms with E-state index in [1.807, 2.05) is 31.2 Å². The molecule has 0 aliphatic rings. The van der Waals surface area contributed by atoms with Crippen LogP contribution in [-0.2, 0) is 4.79 Å². The van der Waals surface area contributed by atoms with Gasteiger partial charge in [-0.25, -0.2) is 4.79 Å². The highest BCUT2D eigenvalue weighted by Gasteiger charge is 2.08. The summed E-state index contributed by atoms with van der Waals surface area (Å²) < 4.78 is 1.13. The second-order valence-corrected chi connectivity index (χ2v) is 5.93. The van der Waals surface area contributed by atoms with Crippen LogP contribution in [0.5, 0.6) is 0 Å². The Balaban J connectivity index is 1.81. The average Bonchev–Trinajstić information content (AvgIpc) is 2.47. The molecule has 0 aromatic heterocycles. The van der Waals surface area contributed by atoms with Crippen molar-refractivity contribution >= 4 is 45.9 Å². The normalized spacial score (nSPS) is 9.91. The van der Waals surface area contributed by atoms with Gasteiger partial charge in [-0.15, -0.1) is 0 Å². The van der Waals surface area contributed by atoms with Gasteiger partial charge in [-0.1, -0.05) is 18.2 Å². The molecule has 22 heavy (non-hydrogen) atoms. The molecule has 114 valence electrons. The van der Waals surface area contributed by atoms with E-state index in [1.54, 1.807) is 24.3 Å². The lowest BCUT2D eigenvalue weighted by atomic mass is 10.2. The van der Waals surface area contributed by atoms with E-state index >= 15 is 0 Å². The maximum absolute atomic E-state index is 11.8. The fourth-order valence-electron chi connectivity index (χ4n) is 1.86. The number of hydrogen-bond donors (Lipinski definition) is 3. The Morgan fingerprint density at radius 1 is 1.09 bits per heavy atom. The van der Waals surface area contributed by atoms with Gasteiger partial charge in [0.15, 0.2) is 0 Å². The average molecular weight is 409 g/mol. The Bertz CT molecular complexity index is 674. The molecule has 0 unspecified atom stereocenters. The summed E-state index contributed by atoms with van der Waals surface area (Å²) in [6, 6.07) is 14.3. The van der Waals surface area contributed by atoms with Crippen molar-refractivity contribution < 1.29 is 9.59 Å². The predicted molar refractivity (Wildman–Crippen MR) is 96.0 cm³/mol. The highest BCUT2D eigenvalue weighted by Crippen LogP contribution is 2.17. The quantitative estimate of drug-likeness (QED) is 0.679. The van der Waals surface area contributed by atoms with Crippen LogP contribution < -0.4 is 16.0 Å². The van der Waals surface area contributed by atoms with Crippen LogP contribution in [-0.4, -0.2) is 18.5 Å². The van der Waals surface area contributed by atoms with Gasteiger partial charge in [0, 0.05) is 14.9 Å². The van der Waals surface area contributed by atoms with Crippen molar-refractivity contribution in [2.24, 2.45) is 0 Å². The van der Waals surface area contributed by atoms with Crippen LogP contribution in [0.2, 0.25) is 0 Å². The maximum Gasteiger partial charge on any atom is 0.325 e. The summed E-state index contributed by atoms with van der Waals surface area (Å²) in [5, 5.41) is 7.88.